The summed E-state index contributed by atoms with van der Waals surface area (Å²) in [7, 11) is 0. The van der Waals surface area contributed by atoms with Crippen LogP contribution in [0.3, 0.4) is 0 Å². The molecule has 3 saturated carbocycles. The van der Waals surface area contributed by atoms with Crippen molar-refractivity contribution >= 4 is 17.8 Å². The Morgan fingerprint density at radius 3 is 2.58 bits per heavy atom. The second-order valence-electron chi connectivity index (χ2n) is 14.4. The zero-order valence-electron chi connectivity index (χ0n) is 25.2. The standard InChI is InChI=1S/C32H40N2O9/c1-17-14-23(41-25(36)18(17)2)29(5,38)31(40)11-10-30(39)20-15-24-32(43-24)22(42-26(37)34-13-12-33-16-34)7-6-21(35)28(32,4)19(20)8-9-27(30,31)3/h6-7,12-13,16,19-20,22-24,38-40H,8-11,14-15H2,1-5H3/t19-,20+,22-,23+,24+,27-,28-,29-,30+,31-,32+/m0/s1. The minimum atomic E-state index is -1.86. The average Bonchev–Trinajstić information content (AvgIpc) is 3.33. The summed E-state index contributed by atoms with van der Waals surface area (Å²) in [5, 5.41) is 37.3. The molecule has 11 nitrogen and oxygen atoms in total. The lowest BCUT2D eigenvalue weighted by atomic mass is 9.42. The van der Waals surface area contributed by atoms with Crippen molar-refractivity contribution in [1.82, 2.24) is 9.55 Å². The van der Waals surface area contributed by atoms with Crippen LogP contribution in [0.1, 0.15) is 73.1 Å². The molecule has 7 rings (SSSR count). The van der Waals surface area contributed by atoms with Crippen molar-refractivity contribution in [2.24, 2.45) is 22.7 Å². The molecule has 11 atom stereocenters. The number of nitrogens with zero attached hydrogens (tertiary/aromatic N) is 2. The molecule has 2 aliphatic heterocycles. The molecule has 1 aromatic heterocycles. The van der Waals surface area contributed by atoms with Gasteiger partial charge in [-0.15, -0.1) is 0 Å². The molecule has 0 amide bonds. The van der Waals surface area contributed by atoms with Crippen molar-refractivity contribution in [3.63, 3.8) is 0 Å². The van der Waals surface area contributed by atoms with Gasteiger partial charge in [-0.25, -0.2) is 19.1 Å². The highest BCUT2D eigenvalue weighted by Crippen LogP contribution is 2.75. The van der Waals surface area contributed by atoms with Crippen molar-refractivity contribution < 1.29 is 43.9 Å². The summed E-state index contributed by atoms with van der Waals surface area (Å²) in [6, 6.07) is 0. The number of carbonyl (C=O) groups is 3. The van der Waals surface area contributed by atoms with E-state index in [0.717, 1.165) is 5.57 Å². The third-order valence-corrected chi connectivity index (χ3v) is 13.0. The summed E-state index contributed by atoms with van der Waals surface area (Å²) in [4.78, 5) is 43.2. The smallest absolute Gasteiger partial charge is 0.419 e. The highest BCUT2D eigenvalue weighted by atomic mass is 16.7. The van der Waals surface area contributed by atoms with Crippen LogP contribution >= 0.6 is 0 Å². The van der Waals surface area contributed by atoms with Gasteiger partial charge >= 0.3 is 12.1 Å². The van der Waals surface area contributed by atoms with Gasteiger partial charge in [0.05, 0.1) is 17.1 Å². The average molecular weight is 597 g/mol. The predicted molar refractivity (Wildman–Crippen MR) is 149 cm³/mol. The van der Waals surface area contributed by atoms with E-state index in [0.29, 0.717) is 24.8 Å². The van der Waals surface area contributed by atoms with Gasteiger partial charge in [0, 0.05) is 29.8 Å². The van der Waals surface area contributed by atoms with Gasteiger partial charge in [-0.1, -0.05) is 12.5 Å². The van der Waals surface area contributed by atoms with Crippen LogP contribution in [0.15, 0.2) is 42.0 Å². The minimum Gasteiger partial charge on any atom is -0.455 e. The molecule has 0 aromatic carbocycles. The van der Waals surface area contributed by atoms with E-state index in [1.165, 1.54) is 36.3 Å². The Labute approximate surface area is 249 Å². The first-order valence-electron chi connectivity index (χ1n) is 15.2. The van der Waals surface area contributed by atoms with Gasteiger partial charge in [0.1, 0.15) is 29.2 Å². The topological polar surface area (TPSA) is 161 Å². The van der Waals surface area contributed by atoms with Crippen molar-refractivity contribution in [2.75, 3.05) is 0 Å². The van der Waals surface area contributed by atoms with E-state index in [1.807, 2.05) is 20.8 Å². The fraction of sp³-hybridized carbons (Fsp3) is 0.688. The van der Waals surface area contributed by atoms with Crippen molar-refractivity contribution in [1.29, 1.82) is 0 Å². The van der Waals surface area contributed by atoms with E-state index in [4.69, 9.17) is 14.2 Å². The van der Waals surface area contributed by atoms with E-state index in [2.05, 4.69) is 4.98 Å². The number of esters is 1. The normalized spacial score (nSPS) is 48.0. The first-order chi connectivity index (χ1) is 20.1. The van der Waals surface area contributed by atoms with Gasteiger partial charge in [0.25, 0.3) is 0 Å². The molecule has 0 unspecified atom stereocenters. The zero-order chi connectivity index (χ0) is 31.0. The molecule has 0 bridgehead atoms. The van der Waals surface area contributed by atoms with Crippen LogP contribution in [-0.2, 0) is 23.8 Å². The molecular weight excluding hydrogens is 556 g/mol. The van der Waals surface area contributed by atoms with Gasteiger partial charge in [-0.2, -0.15) is 0 Å². The van der Waals surface area contributed by atoms with Gasteiger partial charge in [-0.3, -0.25) is 4.79 Å². The van der Waals surface area contributed by atoms with Crippen LogP contribution in [0.25, 0.3) is 0 Å². The number of fused-ring (bicyclic) bond motifs is 4. The largest absolute Gasteiger partial charge is 0.455 e. The van der Waals surface area contributed by atoms with E-state index in [9.17, 15) is 29.7 Å². The van der Waals surface area contributed by atoms with Crippen LogP contribution in [0.4, 0.5) is 4.79 Å². The lowest BCUT2D eigenvalue weighted by Crippen LogP contribution is -2.73. The van der Waals surface area contributed by atoms with Gasteiger partial charge in [0.2, 0.25) is 0 Å². The van der Waals surface area contributed by atoms with Crippen LogP contribution in [0.5, 0.6) is 0 Å². The lowest BCUT2D eigenvalue weighted by molar-refractivity contribution is -0.283. The quantitative estimate of drug-likeness (QED) is 0.350. The maximum absolute atomic E-state index is 13.8. The van der Waals surface area contributed by atoms with Crippen molar-refractivity contribution in [3.05, 3.63) is 42.0 Å². The number of aromatic nitrogens is 2. The summed E-state index contributed by atoms with van der Waals surface area (Å²) < 4.78 is 19.2. The first kappa shape index (κ1) is 28.9. The molecule has 0 radical (unpaired) electrons. The SMILES string of the molecule is CC1=C(C)C(=O)O[C@@H]([C@](C)(O)[C@]2(O)CC[C@@]3(O)[C@@H]4C[C@H]5O[C@]56[C@@H](OC(=O)n5ccnc5)C=CC(=O)[C@]6(C)[C@H]4CC[C@]23C)C1. The number of rotatable bonds is 3. The number of ketones is 1. The Bertz CT molecular complexity index is 1480. The molecule has 4 fully saturated rings. The molecule has 1 aromatic rings. The Hall–Kier alpha value is -2.86. The first-order valence-corrected chi connectivity index (χ1v) is 15.2. The van der Waals surface area contributed by atoms with E-state index >= 15 is 0 Å². The van der Waals surface area contributed by atoms with Gasteiger partial charge in [-0.05, 0) is 83.8 Å². The molecule has 6 aliphatic rings. The summed E-state index contributed by atoms with van der Waals surface area (Å²) in [5.41, 5.74) is -7.11. The van der Waals surface area contributed by atoms with Crippen molar-refractivity contribution in [3.8, 4) is 0 Å². The number of imidazole rings is 1. The molecule has 1 spiro atoms. The lowest BCUT2D eigenvalue weighted by Gasteiger charge is -2.63. The maximum Gasteiger partial charge on any atom is 0.419 e. The highest BCUT2D eigenvalue weighted by Gasteiger charge is 2.85. The number of epoxide rings is 1. The van der Waals surface area contributed by atoms with E-state index in [1.54, 1.807) is 13.0 Å². The molecule has 1 saturated heterocycles. The number of cyclic esters (lactones) is 1. The van der Waals surface area contributed by atoms with Gasteiger partial charge in [0.15, 0.2) is 11.9 Å². The number of hydrogen-bond acceptors (Lipinski definition) is 10. The Morgan fingerprint density at radius 1 is 1.16 bits per heavy atom. The molecule has 11 heteroatoms. The Morgan fingerprint density at radius 2 is 1.91 bits per heavy atom. The summed E-state index contributed by atoms with van der Waals surface area (Å²) in [5.74, 6) is -1.42. The molecule has 3 heterocycles. The zero-order valence-corrected chi connectivity index (χ0v) is 25.2. The third-order valence-electron chi connectivity index (χ3n) is 13.0. The number of allylic oxidation sites excluding steroid dienone is 1. The fourth-order valence-corrected chi connectivity index (χ4v) is 10.1. The van der Waals surface area contributed by atoms with Gasteiger partial charge < -0.3 is 29.5 Å². The molecule has 3 N–H and O–H groups in total. The second kappa shape index (κ2) is 8.65. The third kappa shape index (κ3) is 3.24. The molecule has 4 aliphatic carbocycles. The summed E-state index contributed by atoms with van der Waals surface area (Å²) in [6.45, 7) is 8.69. The number of ether oxygens (including phenoxy) is 3. The summed E-state index contributed by atoms with van der Waals surface area (Å²) >= 11 is 0. The Balaban J connectivity index is 1.22. The van der Waals surface area contributed by atoms with Crippen LogP contribution in [0, 0.1) is 22.7 Å². The fourth-order valence-electron chi connectivity index (χ4n) is 10.1. The van der Waals surface area contributed by atoms with Crippen LogP contribution in [0.2, 0.25) is 0 Å². The highest BCUT2D eigenvalue weighted by molar-refractivity contribution is 5.98. The minimum absolute atomic E-state index is 0.0956. The van der Waals surface area contributed by atoms with Crippen molar-refractivity contribution in [2.45, 2.75) is 114 Å². The van der Waals surface area contributed by atoms with E-state index < -0.39 is 69.5 Å². The molecular formula is C32H40N2O9. The number of carbonyl (C=O) groups excluding carboxylic acids is 3. The number of hydrogen-bond donors (Lipinski definition) is 3. The monoisotopic (exact) mass is 596 g/mol. The molecule has 43 heavy (non-hydrogen) atoms. The van der Waals surface area contributed by atoms with E-state index in [-0.39, 0.29) is 31.0 Å². The second-order valence-corrected chi connectivity index (χ2v) is 14.4. The maximum atomic E-state index is 13.8. The van der Waals surface area contributed by atoms with Crippen LogP contribution in [-0.4, -0.2) is 83.4 Å². The van der Waals surface area contributed by atoms with Crippen LogP contribution < -0.4 is 0 Å². The predicted octanol–water partition coefficient (Wildman–Crippen LogP) is 2.61. The molecule has 232 valence electrons. The summed E-state index contributed by atoms with van der Waals surface area (Å²) in [6.07, 6.45) is 6.27. The number of aliphatic hydroxyl groups is 3. The Kier molecular flexibility index (Phi) is 5.81.